The van der Waals surface area contributed by atoms with Gasteiger partial charge in [-0.05, 0) is 30.7 Å². The second kappa shape index (κ2) is 10.8. The van der Waals surface area contributed by atoms with Crippen molar-refractivity contribution in [2.45, 2.75) is 19.4 Å². The molecule has 0 aromatic heterocycles. The van der Waals surface area contributed by atoms with Crippen LogP contribution in [0.2, 0.25) is 0 Å². The van der Waals surface area contributed by atoms with Gasteiger partial charge in [-0.2, -0.15) is 0 Å². The van der Waals surface area contributed by atoms with Crippen LogP contribution < -0.4 is 15.5 Å². The molecule has 1 aliphatic rings. The Morgan fingerprint density at radius 3 is 2.72 bits per heavy atom. The van der Waals surface area contributed by atoms with Crippen molar-refractivity contribution < 1.29 is 9.53 Å². The molecule has 8 heteroatoms. The van der Waals surface area contributed by atoms with Crippen molar-refractivity contribution >= 4 is 57.5 Å². The van der Waals surface area contributed by atoms with Gasteiger partial charge >= 0.3 is 5.97 Å². The number of ether oxygens (including phenoxy) is 1. The lowest BCUT2D eigenvalue weighted by molar-refractivity contribution is -0.144. The minimum absolute atomic E-state index is 0. The van der Waals surface area contributed by atoms with Crippen LogP contribution in [0.5, 0.6) is 0 Å². The molecule has 1 heterocycles. The van der Waals surface area contributed by atoms with Crippen molar-refractivity contribution in [2.75, 3.05) is 38.7 Å². The highest BCUT2D eigenvalue weighted by molar-refractivity contribution is 14.0. The quantitative estimate of drug-likeness (QED) is 0.268. The van der Waals surface area contributed by atoms with Crippen LogP contribution in [0.15, 0.2) is 33.7 Å². The van der Waals surface area contributed by atoms with E-state index in [0.717, 1.165) is 24.0 Å². The molecule has 0 spiro atoms. The zero-order valence-corrected chi connectivity index (χ0v) is 18.7. The SMILES string of the molecule is CN=C(NCC(C)C(=O)OC)NC1CCN(c2ccc(Br)cc2)C1.I. The van der Waals surface area contributed by atoms with Gasteiger partial charge in [0, 0.05) is 42.9 Å². The molecule has 2 N–H and O–H groups in total. The molecule has 140 valence electrons. The summed E-state index contributed by atoms with van der Waals surface area (Å²) < 4.78 is 5.82. The summed E-state index contributed by atoms with van der Waals surface area (Å²) in [5, 5.41) is 6.61. The molecule has 1 saturated heterocycles. The van der Waals surface area contributed by atoms with Crippen LogP contribution >= 0.6 is 39.9 Å². The van der Waals surface area contributed by atoms with Crippen molar-refractivity contribution in [3.63, 3.8) is 0 Å². The Morgan fingerprint density at radius 1 is 1.44 bits per heavy atom. The van der Waals surface area contributed by atoms with Crippen molar-refractivity contribution in [3.05, 3.63) is 28.7 Å². The van der Waals surface area contributed by atoms with Gasteiger partial charge < -0.3 is 20.3 Å². The van der Waals surface area contributed by atoms with E-state index in [1.807, 2.05) is 6.92 Å². The molecule has 1 aliphatic heterocycles. The van der Waals surface area contributed by atoms with Crippen LogP contribution in [0, 0.1) is 5.92 Å². The molecule has 6 nitrogen and oxygen atoms in total. The minimum atomic E-state index is -0.222. The predicted octanol–water partition coefficient (Wildman–Crippen LogP) is 2.62. The van der Waals surface area contributed by atoms with Crippen LogP contribution in [0.3, 0.4) is 0 Å². The van der Waals surface area contributed by atoms with E-state index in [2.05, 4.69) is 60.7 Å². The van der Waals surface area contributed by atoms with Crippen LogP contribution in [0.1, 0.15) is 13.3 Å². The molecule has 0 aliphatic carbocycles. The van der Waals surface area contributed by atoms with Gasteiger partial charge in [-0.25, -0.2) is 0 Å². The zero-order chi connectivity index (χ0) is 17.5. The third-order valence-corrected chi connectivity index (χ3v) is 4.65. The number of guanidine groups is 1. The average molecular weight is 525 g/mol. The van der Waals surface area contributed by atoms with E-state index < -0.39 is 0 Å². The number of anilines is 1. The molecule has 0 radical (unpaired) electrons. The molecule has 2 unspecified atom stereocenters. The monoisotopic (exact) mass is 524 g/mol. The number of carbonyl (C=O) groups excluding carboxylic acids is 1. The van der Waals surface area contributed by atoms with Crippen molar-refractivity contribution in [3.8, 4) is 0 Å². The summed E-state index contributed by atoms with van der Waals surface area (Å²) in [6, 6.07) is 8.69. The lowest BCUT2D eigenvalue weighted by Crippen LogP contribution is -2.46. The molecule has 0 bridgehead atoms. The summed E-state index contributed by atoms with van der Waals surface area (Å²) in [7, 11) is 3.14. The largest absolute Gasteiger partial charge is 0.469 e. The number of esters is 1. The lowest BCUT2D eigenvalue weighted by Gasteiger charge is -2.21. The number of hydrogen-bond donors (Lipinski definition) is 2. The first-order valence-electron chi connectivity index (χ1n) is 8.09. The molecule has 1 fully saturated rings. The Balaban J connectivity index is 0.00000312. The van der Waals surface area contributed by atoms with Gasteiger partial charge in [0.25, 0.3) is 0 Å². The highest BCUT2D eigenvalue weighted by Crippen LogP contribution is 2.22. The van der Waals surface area contributed by atoms with Gasteiger partial charge in [0.1, 0.15) is 0 Å². The zero-order valence-electron chi connectivity index (χ0n) is 14.8. The Morgan fingerprint density at radius 2 is 2.12 bits per heavy atom. The number of nitrogens with zero attached hydrogens (tertiary/aromatic N) is 2. The number of carbonyl (C=O) groups is 1. The lowest BCUT2D eigenvalue weighted by atomic mass is 10.2. The number of benzene rings is 1. The van der Waals surface area contributed by atoms with Crippen LogP contribution in [0.4, 0.5) is 5.69 Å². The molecule has 0 amide bonds. The van der Waals surface area contributed by atoms with E-state index in [1.165, 1.54) is 12.8 Å². The Hall–Kier alpha value is -1.03. The van der Waals surface area contributed by atoms with Gasteiger partial charge in [-0.1, -0.05) is 22.9 Å². The second-order valence-electron chi connectivity index (χ2n) is 5.93. The van der Waals surface area contributed by atoms with Crippen molar-refractivity contribution in [1.29, 1.82) is 0 Å². The Labute approximate surface area is 174 Å². The molecule has 0 saturated carbocycles. The molecule has 25 heavy (non-hydrogen) atoms. The van der Waals surface area contributed by atoms with Crippen LogP contribution in [-0.4, -0.2) is 51.8 Å². The highest BCUT2D eigenvalue weighted by Gasteiger charge is 2.23. The fraction of sp³-hybridized carbons (Fsp3) is 0.529. The Kier molecular flexibility index (Phi) is 9.55. The normalized spacial score (nSPS) is 18.3. The summed E-state index contributed by atoms with van der Waals surface area (Å²) in [5.74, 6) is 0.282. The molecular weight excluding hydrogens is 499 g/mol. The van der Waals surface area contributed by atoms with Gasteiger partial charge in [-0.3, -0.25) is 9.79 Å². The average Bonchev–Trinajstić information content (AvgIpc) is 3.06. The fourth-order valence-electron chi connectivity index (χ4n) is 2.69. The number of hydrogen-bond acceptors (Lipinski definition) is 4. The van der Waals surface area contributed by atoms with Crippen LogP contribution in [0.25, 0.3) is 0 Å². The summed E-state index contributed by atoms with van der Waals surface area (Å²) in [6.07, 6.45) is 1.04. The van der Waals surface area contributed by atoms with E-state index in [9.17, 15) is 4.79 Å². The number of methoxy groups -OCH3 is 1. The number of aliphatic imine (C=N–C) groups is 1. The van der Waals surface area contributed by atoms with Gasteiger partial charge in [0.15, 0.2) is 5.96 Å². The molecular formula is C17H26BrIN4O2. The summed E-state index contributed by atoms with van der Waals surface area (Å²) in [6.45, 7) is 4.26. The number of rotatable bonds is 5. The summed E-state index contributed by atoms with van der Waals surface area (Å²) >= 11 is 3.46. The Bertz CT molecular complexity index is 583. The smallest absolute Gasteiger partial charge is 0.310 e. The maximum Gasteiger partial charge on any atom is 0.310 e. The maximum atomic E-state index is 11.4. The molecule has 2 rings (SSSR count). The van der Waals surface area contributed by atoms with E-state index in [1.54, 1.807) is 7.05 Å². The van der Waals surface area contributed by atoms with Crippen molar-refractivity contribution in [1.82, 2.24) is 10.6 Å². The fourth-order valence-corrected chi connectivity index (χ4v) is 2.95. The summed E-state index contributed by atoms with van der Waals surface area (Å²) in [5.41, 5.74) is 1.23. The van der Waals surface area contributed by atoms with Gasteiger partial charge in [-0.15, -0.1) is 24.0 Å². The predicted molar refractivity (Wildman–Crippen MR) is 116 cm³/mol. The highest BCUT2D eigenvalue weighted by atomic mass is 127. The topological polar surface area (TPSA) is 66.0 Å². The van der Waals surface area contributed by atoms with Gasteiger partial charge in [0.05, 0.1) is 13.0 Å². The van der Waals surface area contributed by atoms with Crippen molar-refractivity contribution in [2.24, 2.45) is 10.9 Å². The standard InChI is InChI=1S/C17H25BrN4O2.HI/c1-12(16(23)24-3)10-20-17(19-2)21-14-8-9-22(11-14)15-6-4-13(18)5-7-15;/h4-7,12,14H,8-11H2,1-3H3,(H2,19,20,21);1H. The summed E-state index contributed by atoms with van der Waals surface area (Å²) in [4.78, 5) is 18.0. The second-order valence-corrected chi connectivity index (χ2v) is 6.85. The first-order chi connectivity index (χ1) is 11.5. The number of halogens is 2. The van der Waals surface area contributed by atoms with E-state index in [4.69, 9.17) is 4.74 Å². The third kappa shape index (κ3) is 6.65. The van der Waals surface area contributed by atoms with E-state index in [0.29, 0.717) is 18.5 Å². The molecule has 2 atom stereocenters. The maximum absolute atomic E-state index is 11.4. The van der Waals surface area contributed by atoms with Gasteiger partial charge in [0.2, 0.25) is 0 Å². The van der Waals surface area contributed by atoms with E-state index >= 15 is 0 Å². The first kappa shape index (κ1) is 22.0. The van der Waals surface area contributed by atoms with E-state index in [-0.39, 0.29) is 35.9 Å². The van der Waals surface area contributed by atoms with Crippen LogP contribution in [-0.2, 0) is 9.53 Å². The number of nitrogens with one attached hydrogen (secondary N) is 2. The third-order valence-electron chi connectivity index (χ3n) is 4.12. The first-order valence-corrected chi connectivity index (χ1v) is 8.88. The minimum Gasteiger partial charge on any atom is -0.469 e. The molecule has 1 aromatic carbocycles. The molecule has 1 aromatic rings.